The van der Waals surface area contributed by atoms with E-state index in [1.54, 1.807) is 42.6 Å². The standard InChI is InChI=1S/C11H8N2O2.C7H9N.Ru/c14-11(9-5-1-3-7-12-9)15-10-6-2-4-8-13-10;1-6-4-3-5-8-7(6)2;/h1-8H;3-5H,1-2H3;. The summed E-state index contributed by atoms with van der Waals surface area (Å²) in [5.74, 6) is -0.234. The average molecular weight is 408 g/mol. The van der Waals surface area contributed by atoms with Crippen LogP contribution in [0.5, 0.6) is 5.88 Å². The summed E-state index contributed by atoms with van der Waals surface area (Å²) in [6.45, 7) is 4.07. The topological polar surface area (TPSA) is 65.0 Å². The van der Waals surface area contributed by atoms with Gasteiger partial charge in [-0.05, 0) is 43.7 Å². The maximum absolute atomic E-state index is 11.5. The van der Waals surface area contributed by atoms with Crippen molar-refractivity contribution >= 4 is 5.97 Å². The van der Waals surface area contributed by atoms with E-state index in [0.29, 0.717) is 0 Å². The average Bonchev–Trinajstić information content (AvgIpc) is 2.60. The molecule has 0 unspecified atom stereocenters. The molecule has 0 saturated heterocycles. The van der Waals surface area contributed by atoms with Gasteiger partial charge in [-0.15, -0.1) is 0 Å². The number of aryl methyl sites for hydroxylation is 2. The number of aromatic nitrogens is 3. The summed E-state index contributed by atoms with van der Waals surface area (Å²) in [6.07, 6.45) is 4.90. The third kappa shape index (κ3) is 6.35. The minimum atomic E-state index is -0.505. The number of hydrogen-bond donors (Lipinski definition) is 0. The summed E-state index contributed by atoms with van der Waals surface area (Å²) in [5, 5.41) is 0. The van der Waals surface area contributed by atoms with Gasteiger partial charge in [0.15, 0.2) is 0 Å². The zero-order chi connectivity index (χ0) is 16.5. The minimum Gasteiger partial charge on any atom is -0.403 e. The van der Waals surface area contributed by atoms with Crippen LogP contribution in [0.3, 0.4) is 0 Å². The van der Waals surface area contributed by atoms with Gasteiger partial charge in [-0.25, -0.2) is 14.8 Å². The molecule has 0 atom stereocenters. The van der Waals surface area contributed by atoms with Crippen molar-refractivity contribution in [3.8, 4) is 5.88 Å². The van der Waals surface area contributed by atoms with Gasteiger partial charge in [0.1, 0.15) is 5.69 Å². The van der Waals surface area contributed by atoms with Crippen molar-refractivity contribution in [3.63, 3.8) is 0 Å². The molecule has 0 aromatic carbocycles. The third-order valence-corrected chi connectivity index (χ3v) is 2.98. The molecule has 0 N–H and O–H groups in total. The smallest absolute Gasteiger partial charge is 0.363 e. The Morgan fingerprint density at radius 1 is 0.833 bits per heavy atom. The molecule has 6 heteroatoms. The molecule has 0 aliphatic heterocycles. The molecule has 0 bridgehead atoms. The first-order chi connectivity index (χ1) is 11.2. The van der Waals surface area contributed by atoms with Gasteiger partial charge < -0.3 is 4.74 Å². The van der Waals surface area contributed by atoms with E-state index in [0.717, 1.165) is 5.69 Å². The van der Waals surface area contributed by atoms with Gasteiger partial charge >= 0.3 is 5.97 Å². The summed E-state index contributed by atoms with van der Waals surface area (Å²) in [7, 11) is 0. The Morgan fingerprint density at radius 2 is 1.50 bits per heavy atom. The number of carbonyl (C=O) groups excluding carboxylic acids is 1. The van der Waals surface area contributed by atoms with Crippen molar-refractivity contribution in [3.05, 3.63) is 84.1 Å². The number of pyridine rings is 3. The van der Waals surface area contributed by atoms with Crippen LogP contribution in [0.4, 0.5) is 0 Å². The first kappa shape index (κ1) is 19.6. The second-order valence-corrected chi connectivity index (χ2v) is 4.68. The molecule has 0 radical (unpaired) electrons. The first-order valence-electron chi connectivity index (χ1n) is 7.09. The van der Waals surface area contributed by atoms with Crippen LogP contribution in [0.25, 0.3) is 0 Å². The second kappa shape index (κ2) is 10.3. The van der Waals surface area contributed by atoms with E-state index >= 15 is 0 Å². The molecule has 0 fully saturated rings. The molecule has 3 heterocycles. The molecule has 124 valence electrons. The van der Waals surface area contributed by atoms with Gasteiger partial charge in [-0.1, -0.05) is 18.2 Å². The predicted molar refractivity (Wildman–Crippen MR) is 87.1 cm³/mol. The predicted octanol–water partition coefficient (Wildman–Crippen LogP) is 3.39. The molecular weight excluding hydrogens is 391 g/mol. The molecule has 0 aliphatic carbocycles. The number of nitrogens with zero attached hydrogens (tertiary/aromatic N) is 3. The van der Waals surface area contributed by atoms with Gasteiger partial charge in [-0.3, -0.25) is 4.98 Å². The fourth-order valence-electron chi connectivity index (χ4n) is 1.60. The largest absolute Gasteiger partial charge is 0.403 e. The van der Waals surface area contributed by atoms with E-state index < -0.39 is 5.97 Å². The Kier molecular flexibility index (Phi) is 8.44. The normalized spacial score (nSPS) is 9.08. The number of ether oxygens (including phenoxy) is 1. The number of esters is 1. The molecule has 0 saturated carbocycles. The fraction of sp³-hybridized carbons (Fsp3) is 0.111. The van der Waals surface area contributed by atoms with Crippen LogP contribution in [0.1, 0.15) is 21.7 Å². The van der Waals surface area contributed by atoms with Crippen molar-refractivity contribution in [1.82, 2.24) is 15.0 Å². The molecule has 24 heavy (non-hydrogen) atoms. The number of carbonyl (C=O) groups is 1. The van der Waals surface area contributed by atoms with E-state index in [1.165, 1.54) is 11.8 Å². The number of hydrogen-bond acceptors (Lipinski definition) is 5. The molecule has 5 nitrogen and oxygen atoms in total. The maximum Gasteiger partial charge on any atom is 0.363 e. The maximum atomic E-state index is 11.5. The molecule has 0 aliphatic rings. The quantitative estimate of drug-likeness (QED) is 0.480. The molecule has 0 amide bonds. The second-order valence-electron chi connectivity index (χ2n) is 4.68. The van der Waals surface area contributed by atoms with Gasteiger partial charge in [0.25, 0.3) is 0 Å². The van der Waals surface area contributed by atoms with E-state index in [9.17, 15) is 4.79 Å². The molecule has 0 spiro atoms. The van der Waals surface area contributed by atoms with E-state index in [-0.39, 0.29) is 31.1 Å². The van der Waals surface area contributed by atoms with E-state index in [1.807, 2.05) is 19.2 Å². The number of rotatable bonds is 2. The van der Waals surface area contributed by atoms with Gasteiger partial charge in [0.05, 0.1) is 0 Å². The van der Waals surface area contributed by atoms with Crippen LogP contribution in [0.15, 0.2) is 67.1 Å². The van der Waals surface area contributed by atoms with Crippen molar-refractivity contribution in [2.75, 3.05) is 0 Å². The molecular formula is C18H17N3O2Ru. The van der Waals surface area contributed by atoms with Gasteiger partial charge in [-0.2, -0.15) is 0 Å². The molecule has 3 aromatic heterocycles. The summed E-state index contributed by atoms with van der Waals surface area (Å²) in [4.78, 5) is 23.3. The van der Waals surface area contributed by atoms with Gasteiger partial charge in [0, 0.05) is 49.8 Å². The summed E-state index contributed by atoms with van der Waals surface area (Å²) in [6, 6.07) is 14.2. The van der Waals surface area contributed by atoms with Crippen molar-refractivity contribution in [2.45, 2.75) is 13.8 Å². The Labute approximate surface area is 153 Å². The fourth-order valence-corrected chi connectivity index (χ4v) is 1.60. The first-order valence-corrected chi connectivity index (χ1v) is 7.09. The van der Waals surface area contributed by atoms with Crippen LogP contribution in [-0.4, -0.2) is 20.9 Å². The Balaban J connectivity index is 0.000000273. The zero-order valence-electron chi connectivity index (χ0n) is 13.4. The third-order valence-electron chi connectivity index (χ3n) is 2.98. The summed E-state index contributed by atoms with van der Waals surface area (Å²) in [5.41, 5.74) is 2.64. The van der Waals surface area contributed by atoms with Crippen LogP contribution >= 0.6 is 0 Å². The van der Waals surface area contributed by atoms with Crippen LogP contribution in [0, 0.1) is 13.8 Å². The molecule has 3 rings (SSSR count). The van der Waals surface area contributed by atoms with Gasteiger partial charge in [0.2, 0.25) is 5.88 Å². The summed E-state index contributed by atoms with van der Waals surface area (Å²) >= 11 is 0. The SMILES string of the molecule is Cc1cccnc1C.O=C(Oc1ccccn1)c1ccccn1.[Ru]. The minimum absolute atomic E-state index is 0. The van der Waals surface area contributed by atoms with E-state index in [4.69, 9.17) is 4.74 Å². The van der Waals surface area contributed by atoms with Crippen LogP contribution in [0.2, 0.25) is 0 Å². The van der Waals surface area contributed by atoms with Crippen molar-refractivity contribution in [1.29, 1.82) is 0 Å². The van der Waals surface area contributed by atoms with Crippen LogP contribution < -0.4 is 4.74 Å². The van der Waals surface area contributed by atoms with Crippen molar-refractivity contribution in [2.24, 2.45) is 0 Å². The Morgan fingerprint density at radius 3 is 2.00 bits per heavy atom. The van der Waals surface area contributed by atoms with Crippen LogP contribution in [-0.2, 0) is 19.5 Å². The summed E-state index contributed by atoms with van der Waals surface area (Å²) < 4.78 is 4.99. The Hall–Kier alpha value is -2.46. The Bertz CT molecular complexity index is 731. The zero-order valence-corrected chi connectivity index (χ0v) is 15.1. The van der Waals surface area contributed by atoms with Crippen molar-refractivity contribution < 1.29 is 29.0 Å². The van der Waals surface area contributed by atoms with E-state index in [2.05, 4.69) is 27.9 Å². The molecule has 3 aromatic rings. The monoisotopic (exact) mass is 409 g/mol.